The summed E-state index contributed by atoms with van der Waals surface area (Å²) in [5, 5.41) is 1.64. The van der Waals surface area contributed by atoms with Crippen LogP contribution in [0, 0.1) is 0 Å². The van der Waals surface area contributed by atoms with Gasteiger partial charge in [0.05, 0.1) is 12.7 Å². The van der Waals surface area contributed by atoms with Gasteiger partial charge in [-0.15, -0.1) is 11.3 Å². The number of hydrogen-bond acceptors (Lipinski definition) is 5. The van der Waals surface area contributed by atoms with Crippen LogP contribution in [0.5, 0.6) is 0 Å². The van der Waals surface area contributed by atoms with Gasteiger partial charge in [-0.3, -0.25) is 0 Å². The van der Waals surface area contributed by atoms with Crippen LogP contribution in [-0.2, 0) is 14.8 Å². The van der Waals surface area contributed by atoms with E-state index in [1.165, 1.54) is 10.4 Å². The Hall–Kier alpha value is -1.41. The first-order valence-electron chi connectivity index (χ1n) is 6.58. The van der Waals surface area contributed by atoms with Crippen molar-refractivity contribution in [3.05, 3.63) is 47.3 Å². The monoisotopic (exact) mass is 324 g/mol. The number of morpholine rings is 1. The molecule has 1 fully saturated rings. The first-order chi connectivity index (χ1) is 10.1. The molecule has 1 atom stereocenters. The predicted octanol–water partition coefficient (Wildman–Crippen LogP) is 2.09. The Balaban J connectivity index is 1.83. The van der Waals surface area contributed by atoms with Gasteiger partial charge in [-0.2, -0.15) is 4.31 Å². The molecular formula is C14H16N2O3S2. The maximum Gasteiger partial charge on any atom is 0.252 e. The normalized spacial score (nSPS) is 20.5. The lowest BCUT2D eigenvalue weighted by Crippen LogP contribution is -2.41. The van der Waals surface area contributed by atoms with Crippen molar-refractivity contribution in [1.82, 2.24) is 4.31 Å². The minimum Gasteiger partial charge on any atom is -0.398 e. The minimum atomic E-state index is -3.49. The van der Waals surface area contributed by atoms with Gasteiger partial charge >= 0.3 is 0 Å². The molecule has 3 rings (SSSR count). The topological polar surface area (TPSA) is 72.6 Å². The van der Waals surface area contributed by atoms with Gasteiger partial charge in [-0.25, -0.2) is 8.42 Å². The van der Waals surface area contributed by atoms with Gasteiger partial charge in [0.15, 0.2) is 0 Å². The van der Waals surface area contributed by atoms with Crippen molar-refractivity contribution in [3.63, 3.8) is 0 Å². The number of rotatable bonds is 3. The number of hydrogen-bond donors (Lipinski definition) is 1. The third-order valence-electron chi connectivity index (χ3n) is 3.39. The van der Waals surface area contributed by atoms with Crippen LogP contribution in [-0.4, -0.2) is 32.4 Å². The van der Waals surface area contributed by atoms with E-state index in [-0.39, 0.29) is 10.3 Å². The Morgan fingerprint density at radius 3 is 2.71 bits per heavy atom. The summed E-state index contributed by atoms with van der Waals surface area (Å²) in [6, 6.07) is 11.2. The summed E-state index contributed by atoms with van der Waals surface area (Å²) in [6.45, 7) is 1.08. The number of nitrogen functional groups attached to an aromatic ring is 1. The van der Waals surface area contributed by atoms with Crippen LogP contribution < -0.4 is 5.73 Å². The summed E-state index contributed by atoms with van der Waals surface area (Å²) in [5.41, 5.74) is 7.09. The SMILES string of the molecule is Nc1csc(S(=O)(=O)N2CCOC(c3ccccc3)C2)c1. The zero-order valence-electron chi connectivity index (χ0n) is 11.3. The molecule has 0 aliphatic carbocycles. The van der Waals surface area contributed by atoms with Crippen LogP contribution in [0.2, 0.25) is 0 Å². The van der Waals surface area contributed by atoms with Crippen LogP contribution >= 0.6 is 11.3 Å². The smallest absolute Gasteiger partial charge is 0.252 e. The van der Waals surface area contributed by atoms with E-state index in [1.807, 2.05) is 30.3 Å². The molecule has 7 heteroatoms. The van der Waals surface area contributed by atoms with E-state index in [0.29, 0.717) is 25.4 Å². The lowest BCUT2D eigenvalue weighted by atomic mass is 10.1. The Morgan fingerprint density at radius 1 is 1.29 bits per heavy atom. The van der Waals surface area contributed by atoms with Gasteiger partial charge in [0.25, 0.3) is 10.0 Å². The second-order valence-corrected chi connectivity index (χ2v) is 7.91. The summed E-state index contributed by atoms with van der Waals surface area (Å²) in [4.78, 5) is 0. The number of thiophene rings is 1. The highest BCUT2D eigenvalue weighted by molar-refractivity contribution is 7.91. The van der Waals surface area contributed by atoms with Crippen molar-refractivity contribution < 1.29 is 13.2 Å². The lowest BCUT2D eigenvalue weighted by Gasteiger charge is -2.32. The molecule has 0 amide bonds. The van der Waals surface area contributed by atoms with E-state index in [4.69, 9.17) is 10.5 Å². The number of ether oxygens (including phenoxy) is 1. The molecule has 1 aromatic carbocycles. The molecule has 2 N–H and O–H groups in total. The van der Waals surface area contributed by atoms with Crippen molar-refractivity contribution >= 4 is 27.0 Å². The van der Waals surface area contributed by atoms with E-state index in [1.54, 1.807) is 5.38 Å². The van der Waals surface area contributed by atoms with Crippen LogP contribution in [0.1, 0.15) is 11.7 Å². The molecule has 5 nitrogen and oxygen atoms in total. The van der Waals surface area contributed by atoms with Gasteiger partial charge < -0.3 is 10.5 Å². The molecule has 2 heterocycles. The molecule has 1 aliphatic rings. The van der Waals surface area contributed by atoms with Crippen LogP contribution in [0.25, 0.3) is 0 Å². The fourth-order valence-corrected chi connectivity index (χ4v) is 4.96. The number of anilines is 1. The van der Waals surface area contributed by atoms with Crippen LogP contribution in [0.4, 0.5) is 5.69 Å². The third-order valence-corrected chi connectivity index (χ3v) is 6.69. The van der Waals surface area contributed by atoms with Gasteiger partial charge in [-0.1, -0.05) is 30.3 Å². The maximum absolute atomic E-state index is 12.6. The van der Waals surface area contributed by atoms with Crippen molar-refractivity contribution in [2.75, 3.05) is 25.4 Å². The van der Waals surface area contributed by atoms with Crippen molar-refractivity contribution in [2.45, 2.75) is 10.3 Å². The predicted molar refractivity (Wildman–Crippen MR) is 82.6 cm³/mol. The highest BCUT2D eigenvalue weighted by Crippen LogP contribution is 2.29. The molecule has 1 saturated heterocycles. The highest BCUT2D eigenvalue weighted by Gasteiger charge is 2.32. The van der Waals surface area contributed by atoms with Gasteiger partial charge in [0.1, 0.15) is 4.21 Å². The van der Waals surface area contributed by atoms with E-state index < -0.39 is 10.0 Å². The number of nitrogens with zero attached hydrogens (tertiary/aromatic N) is 1. The highest BCUT2D eigenvalue weighted by atomic mass is 32.2. The molecule has 1 aromatic heterocycles. The zero-order valence-corrected chi connectivity index (χ0v) is 12.9. The molecule has 0 radical (unpaired) electrons. The molecule has 1 aliphatic heterocycles. The quantitative estimate of drug-likeness (QED) is 0.938. The molecule has 0 spiro atoms. The Labute approximate surface area is 128 Å². The minimum absolute atomic E-state index is 0.230. The van der Waals surface area contributed by atoms with E-state index in [0.717, 1.165) is 16.9 Å². The van der Waals surface area contributed by atoms with Crippen molar-refractivity contribution in [1.29, 1.82) is 0 Å². The summed E-state index contributed by atoms with van der Waals surface area (Å²) in [7, 11) is -3.49. The molecule has 112 valence electrons. The number of sulfonamides is 1. The standard InChI is InChI=1S/C14H16N2O3S2/c15-12-8-14(20-10-12)21(17,18)16-6-7-19-13(9-16)11-4-2-1-3-5-11/h1-5,8,10,13H,6-7,9,15H2. The van der Waals surface area contributed by atoms with Crippen molar-refractivity contribution in [2.24, 2.45) is 0 Å². The molecule has 0 saturated carbocycles. The van der Waals surface area contributed by atoms with Gasteiger partial charge in [-0.05, 0) is 11.6 Å². The lowest BCUT2D eigenvalue weighted by molar-refractivity contribution is -0.00249. The van der Waals surface area contributed by atoms with E-state index >= 15 is 0 Å². The summed E-state index contributed by atoms with van der Waals surface area (Å²) in [6.07, 6.45) is -0.230. The number of benzene rings is 1. The average molecular weight is 324 g/mol. The van der Waals surface area contributed by atoms with Gasteiger partial charge in [0, 0.05) is 24.2 Å². The second-order valence-electron chi connectivity index (χ2n) is 4.83. The molecule has 1 unspecified atom stereocenters. The number of nitrogens with two attached hydrogens (primary N) is 1. The third kappa shape index (κ3) is 2.96. The largest absolute Gasteiger partial charge is 0.398 e. The van der Waals surface area contributed by atoms with Crippen LogP contribution in [0.15, 0.2) is 46.0 Å². The second kappa shape index (κ2) is 5.76. The first-order valence-corrected chi connectivity index (χ1v) is 8.90. The first kappa shape index (κ1) is 14.5. The summed E-state index contributed by atoms with van der Waals surface area (Å²) in [5.74, 6) is 0. The Kier molecular flexibility index (Phi) is 3.99. The average Bonchev–Trinajstić information content (AvgIpc) is 2.96. The fraction of sp³-hybridized carbons (Fsp3) is 0.286. The summed E-state index contributed by atoms with van der Waals surface area (Å²) < 4.78 is 32.7. The Bertz CT molecular complexity index is 713. The molecule has 2 aromatic rings. The van der Waals surface area contributed by atoms with E-state index in [9.17, 15) is 8.42 Å². The fourth-order valence-electron chi connectivity index (χ4n) is 2.31. The zero-order chi connectivity index (χ0) is 14.9. The maximum atomic E-state index is 12.6. The van der Waals surface area contributed by atoms with E-state index in [2.05, 4.69) is 0 Å². The van der Waals surface area contributed by atoms with Crippen molar-refractivity contribution in [3.8, 4) is 0 Å². The van der Waals surface area contributed by atoms with Crippen LogP contribution in [0.3, 0.4) is 0 Å². The Morgan fingerprint density at radius 2 is 2.05 bits per heavy atom. The molecule has 21 heavy (non-hydrogen) atoms. The molecule has 0 bridgehead atoms. The van der Waals surface area contributed by atoms with Gasteiger partial charge in [0.2, 0.25) is 0 Å². The molecular weight excluding hydrogens is 308 g/mol. The summed E-state index contributed by atoms with van der Waals surface area (Å²) >= 11 is 1.15.